The summed E-state index contributed by atoms with van der Waals surface area (Å²) in [7, 11) is 0. The smallest absolute Gasteiger partial charge is 0.184 e. The highest BCUT2D eigenvalue weighted by atomic mass is 32.1. The van der Waals surface area contributed by atoms with Gasteiger partial charge in [0.2, 0.25) is 0 Å². The van der Waals surface area contributed by atoms with Crippen LogP contribution < -0.4 is 5.32 Å². The largest absolute Gasteiger partial charge is 0.357 e. The van der Waals surface area contributed by atoms with E-state index in [9.17, 15) is 4.39 Å². The summed E-state index contributed by atoms with van der Waals surface area (Å²) in [5.74, 6) is -0.189. The first-order chi connectivity index (χ1) is 9.29. The summed E-state index contributed by atoms with van der Waals surface area (Å²) in [5.41, 5.74) is 0.884. The highest BCUT2D eigenvalue weighted by Crippen LogP contribution is 2.32. The number of hydrogen-bond acceptors (Lipinski definition) is 4. The van der Waals surface area contributed by atoms with Gasteiger partial charge in [-0.05, 0) is 44.0 Å². The molecule has 3 nitrogen and oxygen atoms in total. The molecular weight excluding hydrogens is 261 g/mol. The molecule has 2 saturated heterocycles. The lowest BCUT2D eigenvalue weighted by molar-refractivity contribution is 0.318. The standard InChI is InChI=1S/C14H16FN3S/c15-9-3-4-11-13(8-9)19-14(17-11)16-10-5-7-18-6-1-2-12(10)18/h3-4,8,10,12H,1-2,5-7H2,(H,16,17). The van der Waals surface area contributed by atoms with Gasteiger partial charge in [0.25, 0.3) is 0 Å². The molecule has 2 fully saturated rings. The number of anilines is 1. The second-order valence-electron chi connectivity index (χ2n) is 5.42. The van der Waals surface area contributed by atoms with E-state index in [2.05, 4.69) is 15.2 Å². The van der Waals surface area contributed by atoms with Crippen molar-refractivity contribution in [2.45, 2.75) is 31.3 Å². The third kappa shape index (κ3) is 2.01. The fraction of sp³-hybridized carbons (Fsp3) is 0.500. The molecule has 0 radical (unpaired) electrons. The van der Waals surface area contributed by atoms with E-state index < -0.39 is 0 Å². The third-order valence-electron chi connectivity index (χ3n) is 4.27. The zero-order chi connectivity index (χ0) is 12.8. The van der Waals surface area contributed by atoms with Gasteiger partial charge in [0.15, 0.2) is 5.13 Å². The summed E-state index contributed by atoms with van der Waals surface area (Å²) in [5, 5.41) is 4.49. The maximum Gasteiger partial charge on any atom is 0.184 e. The molecular formula is C14H16FN3S. The number of halogens is 1. The summed E-state index contributed by atoms with van der Waals surface area (Å²) in [6, 6.07) is 5.97. The number of hydrogen-bond donors (Lipinski definition) is 1. The minimum absolute atomic E-state index is 0.189. The van der Waals surface area contributed by atoms with Crippen molar-refractivity contribution in [3.05, 3.63) is 24.0 Å². The van der Waals surface area contributed by atoms with Gasteiger partial charge in [-0.1, -0.05) is 11.3 Å². The summed E-state index contributed by atoms with van der Waals surface area (Å²) >= 11 is 1.55. The van der Waals surface area contributed by atoms with Crippen LogP contribution in [0, 0.1) is 5.82 Å². The number of thiazole rings is 1. The molecule has 0 amide bonds. The maximum atomic E-state index is 13.2. The Morgan fingerprint density at radius 1 is 1.32 bits per heavy atom. The predicted molar refractivity (Wildman–Crippen MR) is 76.2 cm³/mol. The van der Waals surface area contributed by atoms with Crippen LogP contribution in [0.15, 0.2) is 18.2 Å². The quantitative estimate of drug-likeness (QED) is 0.914. The fourth-order valence-corrected chi connectivity index (χ4v) is 4.32. The number of nitrogens with zero attached hydrogens (tertiary/aromatic N) is 2. The summed E-state index contributed by atoms with van der Waals surface area (Å²) in [4.78, 5) is 7.13. The number of fused-ring (bicyclic) bond motifs is 2. The van der Waals surface area contributed by atoms with Gasteiger partial charge in [-0.25, -0.2) is 9.37 Å². The van der Waals surface area contributed by atoms with E-state index in [1.54, 1.807) is 23.5 Å². The van der Waals surface area contributed by atoms with Crippen LogP contribution in [0.2, 0.25) is 0 Å². The third-order valence-corrected chi connectivity index (χ3v) is 5.21. The second-order valence-corrected chi connectivity index (χ2v) is 6.45. The Bertz CT molecular complexity index is 612. The molecule has 4 rings (SSSR count). The zero-order valence-electron chi connectivity index (χ0n) is 10.6. The van der Waals surface area contributed by atoms with Crippen LogP contribution in [0.1, 0.15) is 19.3 Å². The molecule has 1 aromatic carbocycles. The van der Waals surface area contributed by atoms with Gasteiger partial charge in [0.1, 0.15) is 5.82 Å². The Balaban J connectivity index is 1.58. The predicted octanol–water partition coefficient (Wildman–Crippen LogP) is 3.08. The Kier molecular flexibility index (Phi) is 2.70. The molecule has 0 aliphatic carbocycles. The van der Waals surface area contributed by atoms with Crippen LogP contribution in [0.5, 0.6) is 0 Å². The van der Waals surface area contributed by atoms with Gasteiger partial charge in [0.05, 0.1) is 10.2 Å². The molecule has 2 aromatic rings. The molecule has 19 heavy (non-hydrogen) atoms. The fourth-order valence-electron chi connectivity index (χ4n) is 3.37. The van der Waals surface area contributed by atoms with E-state index in [4.69, 9.17) is 0 Å². The number of nitrogens with one attached hydrogen (secondary N) is 1. The number of rotatable bonds is 2. The van der Waals surface area contributed by atoms with E-state index in [0.29, 0.717) is 12.1 Å². The summed E-state index contributed by atoms with van der Waals surface area (Å²) in [6.07, 6.45) is 3.79. The molecule has 1 N–H and O–H groups in total. The Morgan fingerprint density at radius 3 is 3.21 bits per heavy atom. The first-order valence-corrected chi connectivity index (χ1v) is 7.68. The maximum absolute atomic E-state index is 13.2. The van der Waals surface area contributed by atoms with Crippen molar-refractivity contribution in [3.63, 3.8) is 0 Å². The number of aromatic nitrogens is 1. The lowest BCUT2D eigenvalue weighted by Gasteiger charge is -2.20. The van der Waals surface area contributed by atoms with Crippen molar-refractivity contribution in [1.29, 1.82) is 0 Å². The molecule has 2 aliphatic rings. The van der Waals surface area contributed by atoms with Crippen LogP contribution >= 0.6 is 11.3 Å². The highest BCUT2D eigenvalue weighted by molar-refractivity contribution is 7.22. The average Bonchev–Trinajstić information content (AvgIpc) is 3.05. The normalized spacial score (nSPS) is 27.0. The molecule has 2 unspecified atom stereocenters. The van der Waals surface area contributed by atoms with Gasteiger partial charge >= 0.3 is 0 Å². The zero-order valence-corrected chi connectivity index (χ0v) is 11.4. The van der Waals surface area contributed by atoms with Crippen molar-refractivity contribution in [1.82, 2.24) is 9.88 Å². The Morgan fingerprint density at radius 2 is 2.26 bits per heavy atom. The monoisotopic (exact) mass is 277 g/mol. The van der Waals surface area contributed by atoms with Crippen molar-refractivity contribution < 1.29 is 4.39 Å². The molecule has 0 saturated carbocycles. The average molecular weight is 277 g/mol. The Labute approximate surface area is 115 Å². The molecule has 100 valence electrons. The van der Waals surface area contributed by atoms with Crippen molar-refractivity contribution in [2.75, 3.05) is 18.4 Å². The van der Waals surface area contributed by atoms with Gasteiger partial charge < -0.3 is 5.32 Å². The molecule has 1 aromatic heterocycles. The van der Waals surface area contributed by atoms with Crippen molar-refractivity contribution in [2.24, 2.45) is 0 Å². The van der Waals surface area contributed by atoms with Crippen LogP contribution in [-0.2, 0) is 0 Å². The number of benzene rings is 1. The van der Waals surface area contributed by atoms with E-state index >= 15 is 0 Å². The minimum Gasteiger partial charge on any atom is -0.357 e. The van der Waals surface area contributed by atoms with Crippen molar-refractivity contribution in [3.8, 4) is 0 Å². The SMILES string of the molecule is Fc1ccc2nc(NC3CCN4CCCC34)sc2c1. The molecule has 0 spiro atoms. The Hall–Kier alpha value is -1.20. The van der Waals surface area contributed by atoms with Gasteiger partial charge in [-0.3, -0.25) is 4.90 Å². The van der Waals surface area contributed by atoms with Crippen LogP contribution in [-0.4, -0.2) is 35.1 Å². The van der Waals surface area contributed by atoms with Gasteiger partial charge in [-0.2, -0.15) is 0 Å². The lowest BCUT2D eigenvalue weighted by atomic mass is 10.1. The summed E-state index contributed by atoms with van der Waals surface area (Å²) < 4.78 is 14.1. The first kappa shape index (κ1) is 11.6. The van der Waals surface area contributed by atoms with Crippen molar-refractivity contribution >= 4 is 26.7 Å². The second kappa shape index (κ2) is 4.42. The highest BCUT2D eigenvalue weighted by Gasteiger charge is 2.37. The first-order valence-electron chi connectivity index (χ1n) is 6.86. The molecule has 3 heterocycles. The molecule has 2 aliphatic heterocycles. The van der Waals surface area contributed by atoms with Gasteiger partial charge in [-0.15, -0.1) is 0 Å². The lowest BCUT2D eigenvalue weighted by Crippen LogP contribution is -2.33. The molecule has 2 atom stereocenters. The topological polar surface area (TPSA) is 28.2 Å². The van der Waals surface area contributed by atoms with Crippen LogP contribution in [0.3, 0.4) is 0 Å². The molecule has 5 heteroatoms. The van der Waals surface area contributed by atoms with E-state index in [-0.39, 0.29) is 5.82 Å². The van der Waals surface area contributed by atoms with E-state index in [1.165, 1.54) is 38.4 Å². The van der Waals surface area contributed by atoms with Crippen LogP contribution in [0.4, 0.5) is 9.52 Å². The van der Waals surface area contributed by atoms with Crippen LogP contribution in [0.25, 0.3) is 10.2 Å². The minimum atomic E-state index is -0.189. The molecule has 0 bridgehead atoms. The van der Waals surface area contributed by atoms with E-state index in [0.717, 1.165) is 15.3 Å². The summed E-state index contributed by atoms with van der Waals surface area (Å²) in [6.45, 7) is 2.44. The van der Waals surface area contributed by atoms with Gasteiger partial charge in [0, 0.05) is 18.6 Å². The van der Waals surface area contributed by atoms with E-state index in [1.807, 2.05) is 0 Å².